The Morgan fingerprint density at radius 1 is 1.37 bits per heavy atom. The van der Waals surface area contributed by atoms with Crippen molar-refractivity contribution < 1.29 is 5.11 Å². The predicted octanol–water partition coefficient (Wildman–Crippen LogP) is 3.05. The number of anilines is 1. The van der Waals surface area contributed by atoms with Crippen LogP contribution in [0.25, 0.3) is 0 Å². The van der Waals surface area contributed by atoms with Gasteiger partial charge in [-0.25, -0.2) is 0 Å². The van der Waals surface area contributed by atoms with E-state index >= 15 is 0 Å². The Kier molecular flexibility index (Phi) is 5.65. The predicted molar refractivity (Wildman–Crippen MR) is 83.0 cm³/mol. The van der Waals surface area contributed by atoms with Crippen molar-refractivity contribution in [2.24, 2.45) is 0 Å². The maximum Gasteiger partial charge on any atom is 0.0686 e. The lowest BCUT2D eigenvalue weighted by atomic mass is 10.1. The number of benzene rings is 1. The Balaban J connectivity index is 2.95. The number of aliphatic hydroxyl groups is 1. The SMILES string of the molecule is CC(O)CN(C)c1cccc(Cl)c1CNC(C)(C)C. The molecule has 0 spiro atoms. The highest BCUT2D eigenvalue weighted by Crippen LogP contribution is 2.27. The molecular weight excluding hydrogens is 260 g/mol. The molecular formula is C15H25ClN2O. The largest absolute Gasteiger partial charge is 0.392 e. The fourth-order valence-corrected chi connectivity index (χ4v) is 2.16. The lowest BCUT2D eigenvalue weighted by Gasteiger charge is -2.27. The molecule has 0 radical (unpaired) electrons. The molecule has 0 amide bonds. The smallest absolute Gasteiger partial charge is 0.0686 e. The number of hydrogen-bond acceptors (Lipinski definition) is 3. The van der Waals surface area contributed by atoms with Crippen molar-refractivity contribution in [2.75, 3.05) is 18.5 Å². The van der Waals surface area contributed by atoms with Gasteiger partial charge >= 0.3 is 0 Å². The van der Waals surface area contributed by atoms with Crippen LogP contribution in [0.1, 0.15) is 33.3 Å². The number of hydrogen-bond donors (Lipinski definition) is 2. The highest BCUT2D eigenvalue weighted by molar-refractivity contribution is 6.31. The third kappa shape index (κ3) is 5.39. The molecule has 1 aromatic carbocycles. The van der Waals surface area contributed by atoms with Gasteiger partial charge in [-0.1, -0.05) is 17.7 Å². The first-order chi connectivity index (χ1) is 8.70. The average molecular weight is 285 g/mol. The van der Waals surface area contributed by atoms with Gasteiger partial charge in [0.2, 0.25) is 0 Å². The molecule has 0 heterocycles. The van der Waals surface area contributed by atoms with E-state index in [0.29, 0.717) is 13.1 Å². The Hall–Kier alpha value is -0.770. The topological polar surface area (TPSA) is 35.5 Å². The molecule has 1 aromatic rings. The van der Waals surface area contributed by atoms with Gasteiger partial charge in [-0.2, -0.15) is 0 Å². The number of nitrogens with one attached hydrogen (secondary N) is 1. The van der Waals surface area contributed by atoms with Crippen molar-refractivity contribution in [1.29, 1.82) is 0 Å². The van der Waals surface area contributed by atoms with Gasteiger partial charge < -0.3 is 15.3 Å². The van der Waals surface area contributed by atoms with Gasteiger partial charge in [-0.05, 0) is 39.8 Å². The van der Waals surface area contributed by atoms with Crippen molar-refractivity contribution >= 4 is 17.3 Å². The molecule has 0 aromatic heterocycles. The molecule has 1 atom stereocenters. The summed E-state index contributed by atoms with van der Waals surface area (Å²) in [6.07, 6.45) is -0.368. The van der Waals surface area contributed by atoms with E-state index in [9.17, 15) is 5.11 Å². The van der Waals surface area contributed by atoms with Gasteiger partial charge in [0, 0.05) is 41.9 Å². The molecule has 19 heavy (non-hydrogen) atoms. The molecule has 0 aliphatic heterocycles. The molecule has 0 saturated heterocycles. The standard InChI is InChI=1S/C15H25ClN2O/c1-11(19)10-18(5)14-8-6-7-13(16)12(14)9-17-15(2,3)4/h6-8,11,17,19H,9-10H2,1-5H3. The van der Waals surface area contributed by atoms with Gasteiger partial charge in [0.15, 0.2) is 0 Å². The summed E-state index contributed by atoms with van der Waals surface area (Å²) in [5.74, 6) is 0. The average Bonchev–Trinajstić information content (AvgIpc) is 2.24. The van der Waals surface area contributed by atoms with E-state index in [-0.39, 0.29) is 11.6 Å². The summed E-state index contributed by atoms with van der Waals surface area (Å²) in [4.78, 5) is 2.04. The van der Waals surface area contributed by atoms with Crippen molar-refractivity contribution in [1.82, 2.24) is 5.32 Å². The Morgan fingerprint density at radius 3 is 2.53 bits per heavy atom. The zero-order valence-electron chi connectivity index (χ0n) is 12.5. The lowest BCUT2D eigenvalue weighted by Crippen LogP contribution is -2.36. The monoisotopic (exact) mass is 284 g/mol. The van der Waals surface area contributed by atoms with Gasteiger partial charge in [-0.3, -0.25) is 0 Å². The second-order valence-electron chi connectivity index (χ2n) is 6.07. The van der Waals surface area contributed by atoms with Gasteiger partial charge in [0.1, 0.15) is 0 Å². The molecule has 0 saturated carbocycles. The van der Waals surface area contributed by atoms with Gasteiger partial charge in [0.25, 0.3) is 0 Å². The summed E-state index contributed by atoms with van der Waals surface area (Å²) >= 11 is 6.31. The minimum atomic E-state index is -0.368. The molecule has 4 heteroatoms. The van der Waals surface area contributed by atoms with Crippen LogP contribution in [0.3, 0.4) is 0 Å². The summed E-state index contributed by atoms with van der Waals surface area (Å²) < 4.78 is 0. The second-order valence-corrected chi connectivity index (χ2v) is 6.48. The number of rotatable bonds is 5. The zero-order valence-corrected chi connectivity index (χ0v) is 13.3. The van der Waals surface area contributed by atoms with Crippen LogP contribution < -0.4 is 10.2 Å². The first kappa shape index (κ1) is 16.3. The molecule has 3 nitrogen and oxygen atoms in total. The van der Waals surface area contributed by atoms with Gasteiger partial charge in [-0.15, -0.1) is 0 Å². The summed E-state index contributed by atoms with van der Waals surface area (Å²) in [6.45, 7) is 9.47. The Morgan fingerprint density at radius 2 is 2.00 bits per heavy atom. The number of halogens is 1. The van der Waals surface area contributed by atoms with Gasteiger partial charge in [0.05, 0.1) is 6.10 Å². The minimum absolute atomic E-state index is 0.0410. The van der Waals surface area contributed by atoms with Crippen molar-refractivity contribution in [2.45, 2.75) is 45.9 Å². The van der Waals surface area contributed by atoms with E-state index in [4.69, 9.17) is 11.6 Å². The normalized spacial score (nSPS) is 13.4. The van der Waals surface area contributed by atoms with Crippen molar-refractivity contribution in [3.05, 3.63) is 28.8 Å². The highest BCUT2D eigenvalue weighted by Gasteiger charge is 2.15. The van der Waals surface area contributed by atoms with E-state index in [2.05, 4.69) is 26.1 Å². The van der Waals surface area contributed by atoms with Crippen LogP contribution in [0.2, 0.25) is 5.02 Å². The second kappa shape index (κ2) is 6.60. The third-order valence-corrected chi connectivity index (χ3v) is 3.19. The first-order valence-corrected chi connectivity index (χ1v) is 7.00. The Labute approximate surface area is 121 Å². The molecule has 0 fully saturated rings. The molecule has 2 N–H and O–H groups in total. The summed E-state index contributed by atoms with van der Waals surface area (Å²) in [5.41, 5.74) is 2.17. The van der Waals surface area contributed by atoms with E-state index in [1.807, 2.05) is 30.1 Å². The Bertz CT molecular complexity index is 413. The van der Waals surface area contributed by atoms with Crippen LogP contribution in [-0.4, -0.2) is 30.3 Å². The maximum absolute atomic E-state index is 9.51. The van der Waals surface area contributed by atoms with E-state index in [0.717, 1.165) is 16.3 Å². The quantitative estimate of drug-likeness (QED) is 0.872. The van der Waals surface area contributed by atoms with Crippen molar-refractivity contribution in [3.63, 3.8) is 0 Å². The number of likely N-dealkylation sites (N-methyl/N-ethyl adjacent to an activating group) is 1. The molecule has 1 rings (SSSR count). The van der Waals surface area contributed by atoms with Crippen molar-refractivity contribution in [3.8, 4) is 0 Å². The van der Waals surface area contributed by atoms with E-state index in [1.165, 1.54) is 0 Å². The van der Waals surface area contributed by atoms with Crippen LogP contribution in [0.15, 0.2) is 18.2 Å². The zero-order chi connectivity index (χ0) is 14.6. The molecule has 0 aliphatic rings. The molecule has 108 valence electrons. The maximum atomic E-state index is 9.51. The van der Waals surface area contributed by atoms with Crippen LogP contribution in [0.4, 0.5) is 5.69 Å². The lowest BCUT2D eigenvalue weighted by molar-refractivity contribution is 0.201. The highest BCUT2D eigenvalue weighted by atomic mass is 35.5. The number of aliphatic hydroxyl groups excluding tert-OH is 1. The van der Waals surface area contributed by atoms with Crippen LogP contribution in [0, 0.1) is 0 Å². The molecule has 1 unspecified atom stereocenters. The van der Waals surface area contributed by atoms with Crippen LogP contribution in [0.5, 0.6) is 0 Å². The summed E-state index contributed by atoms with van der Waals surface area (Å²) in [7, 11) is 1.97. The first-order valence-electron chi connectivity index (χ1n) is 6.62. The van der Waals surface area contributed by atoms with E-state index in [1.54, 1.807) is 6.92 Å². The molecule has 0 aliphatic carbocycles. The molecule has 0 bridgehead atoms. The fraction of sp³-hybridized carbons (Fsp3) is 0.600. The minimum Gasteiger partial charge on any atom is -0.392 e. The fourth-order valence-electron chi connectivity index (χ4n) is 1.93. The van der Waals surface area contributed by atoms with Crippen LogP contribution in [-0.2, 0) is 6.54 Å². The number of nitrogens with zero attached hydrogens (tertiary/aromatic N) is 1. The van der Waals surface area contributed by atoms with E-state index < -0.39 is 0 Å². The summed E-state index contributed by atoms with van der Waals surface area (Å²) in [6, 6.07) is 5.88. The van der Waals surface area contributed by atoms with Crippen LogP contribution >= 0.6 is 11.6 Å². The summed E-state index contributed by atoms with van der Waals surface area (Å²) in [5, 5.41) is 13.7. The third-order valence-electron chi connectivity index (χ3n) is 2.84.